The molecule has 2 N–H and O–H groups in total. The molecule has 0 aliphatic carbocycles. The van der Waals surface area contributed by atoms with E-state index >= 15 is 0 Å². The number of esters is 2. The van der Waals surface area contributed by atoms with Crippen molar-refractivity contribution in [2.24, 2.45) is 0 Å². The van der Waals surface area contributed by atoms with E-state index in [9.17, 15) is 19.5 Å². The van der Waals surface area contributed by atoms with E-state index in [0.29, 0.717) is 17.1 Å². The van der Waals surface area contributed by atoms with Crippen molar-refractivity contribution in [2.45, 2.75) is 56.5 Å². The van der Waals surface area contributed by atoms with Gasteiger partial charge in [0.25, 0.3) is 5.91 Å². The standard InChI is InChI=1S/C47H49N5O12/c1-30(53)60-25-38(63-31(2)54)23-24-59-29-61-42-41(55)39(64-46(42)52-28-50-40-43(48-27-49-44(40)52)51-45(56)32-11-7-5-8-12-32)26-62-47(33-13-9-6-10-14-33,34-15-19-36(57-3)20-16-34)35-17-21-37(58-4)22-18-35/h5-22,27-28,38-39,41-42,46,55H,23-26,29H2,1-4H3,(H,48,49,51,56)/t38?,39-,41-,42-,46-/m1/s1. The Morgan fingerprint density at radius 1 is 0.812 bits per heavy atom. The third-order valence-corrected chi connectivity index (χ3v) is 10.6. The second-order valence-corrected chi connectivity index (χ2v) is 14.7. The summed E-state index contributed by atoms with van der Waals surface area (Å²) in [4.78, 5) is 49.6. The first-order valence-electron chi connectivity index (χ1n) is 20.5. The highest BCUT2D eigenvalue weighted by molar-refractivity contribution is 6.06. The molecule has 7 rings (SSSR count). The number of amides is 1. The lowest BCUT2D eigenvalue weighted by Gasteiger charge is -2.37. The van der Waals surface area contributed by atoms with Crippen LogP contribution in [0.1, 0.15) is 53.5 Å². The summed E-state index contributed by atoms with van der Waals surface area (Å²) in [6, 6.07) is 33.5. The zero-order valence-corrected chi connectivity index (χ0v) is 35.7. The number of nitrogens with zero attached hydrogens (tertiary/aromatic N) is 4. The van der Waals surface area contributed by atoms with Gasteiger partial charge in [-0.2, -0.15) is 0 Å². The topological polar surface area (TPSA) is 201 Å². The van der Waals surface area contributed by atoms with Crippen LogP contribution in [0.15, 0.2) is 122 Å². The summed E-state index contributed by atoms with van der Waals surface area (Å²) < 4.78 is 48.8. The highest BCUT2D eigenvalue weighted by atomic mass is 16.7. The van der Waals surface area contributed by atoms with E-state index in [2.05, 4.69) is 20.3 Å². The Balaban J connectivity index is 1.19. The summed E-state index contributed by atoms with van der Waals surface area (Å²) in [7, 11) is 3.20. The minimum atomic E-state index is -1.30. The molecule has 4 aromatic carbocycles. The lowest BCUT2D eigenvalue weighted by molar-refractivity contribution is -0.160. The van der Waals surface area contributed by atoms with E-state index in [-0.39, 0.29) is 50.0 Å². The molecule has 6 aromatic rings. The second-order valence-electron chi connectivity index (χ2n) is 14.7. The molecule has 17 heteroatoms. The molecule has 2 aromatic heterocycles. The van der Waals surface area contributed by atoms with Gasteiger partial charge >= 0.3 is 11.9 Å². The van der Waals surface area contributed by atoms with Gasteiger partial charge in [0.1, 0.15) is 61.2 Å². The number of hydrogen-bond acceptors (Lipinski definition) is 15. The van der Waals surface area contributed by atoms with Crippen LogP contribution in [0.3, 0.4) is 0 Å². The average Bonchev–Trinajstić information content (AvgIpc) is 3.89. The Hall–Kier alpha value is -6.76. The van der Waals surface area contributed by atoms with Gasteiger partial charge in [0, 0.05) is 25.8 Å². The highest BCUT2D eigenvalue weighted by Crippen LogP contribution is 2.43. The summed E-state index contributed by atoms with van der Waals surface area (Å²) in [6.07, 6.45) is -2.22. The maximum Gasteiger partial charge on any atom is 0.303 e. The van der Waals surface area contributed by atoms with E-state index in [1.165, 1.54) is 26.5 Å². The van der Waals surface area contributed by atoms with E-state index in [4.69, 9.17) is 37.9 Å². The van der Waals surface area contributed by atoms with Crippen LogP contribution in [0.2, 0.25) is 0 Å². The number of aliphatic hydroxyl groups is 1. The van der Waals surface area contributed by atoms with Crippen LogP contribution in [0.25, 0.3) is 11.2 Å². The van der Waals surface area contributed by atoms with Crippen molar-refractivity contribution >= 4 is 34.8 Å². The number of hydrogen-bond donors (Lipinski definition) is 2. The average molecular weight is 876 g/mol. The number of imidazole rings is 1. The number of anilines is 1. The number of methoxy groups -OCH3 is 2. The fourth-order valence-corrected chi connectivity index (χ4v) is 7.46. The molecule has 0 bridgehead atoms. The lowest BCUT2D eigenvalue weighted by Crippen LogP contribution is -2.40. The van der Waals surface area contributed by atoms with Crippen LogP contribution in [-0.2, 0) is 43.6 Å². The Labute approximate surface area is 369 Å². The maximum absolute atomic E-state index is 13.1. The van der Waals surface area contributed by atoms with Crippen molar-refractivity contribution < 1.29 is 57.4 Å². The summed E-state index contributed by atoms with van der Waals surface area (Å²) in [5, 5.41) is 15.0. The Kier molecular flexibility index (Phi) is 14.9. The Morgan fingerprint density at radius 2 is 1.44 bits per heavy atom. The van der Waals surface area contributed by atoms with Gasteiger partial charge in [-0.25, -0.2) is 15.0 Å². The fourth-order valence-electron chi connectivity index (χ4n) is 7.46. The Morgan fingerprint density at radius 3 is 2.05 bits per heavy atom. The highest BCUT2D eigenvalue weighted by Gasteiger charge is 2.48. The number of fused-ring (bicyclic) bond motifs is 1. The third kappa shape index (κ3) is 10.4. The van der Waals surface area contributed by atoms with Gasteiger partial charge < -0.3 is 48.3 Å². The van der Waals surface area contributed by atoms with Crippen molar-refractivity contribution in [1.82, 2.24) is 19.5 Å². The van der Waals surface area contributed by atoms with Gasteiger partial charge in [-0.05, 0) is 53.1 Å². The fraction of sp³-hybridized carbons (Fsp3) is 0.319. The first kappa shape index (κ1) is 45.3. The van der Waals surface area contributed by atoms with Gasteiger partial charge in [-0.3, -0.25) is 19.0 Å². The SMILES string of the molecule is COc1ccc(C(OC[C@H]2O[C@@H](n3cnc4c(NC(=O)c5ccccc5)ncnc43)[C@H](OCOCCC(COC(C)=O)OC(C)=O)[C@@H]2O)(c2ccccc2)c2ccc(OC)cc2)cc1. The van der Waals surface area contributed by atoms with Gasteiger partial charge in [0.05, 0.1) is 33.8 Å². The number of aromatic nitrogens is 4. The van der Waals surface area contributed by atoms with Gasteiger partial charge in [-0.15, -0.1) is 0 Å². The number of aliphatic hydroxyl groups excluding tert-OH is 1. The second kappa shape index (κ2) is 21.1. The molecule has 0 radical (unpaired) electrons. The summed E-state index contributed by atoms with van der Waals surface area (Å²) >= 11 is 0. The van der Waals surface area contributed by atoms with Crippen LogP contribution in [0.4, 0.5) is 5.82 Å². The smallest absolute Gasteiger partial charge is 0.303 e. The zero-order chi connectivity index (χ0) is 45.1. The number of carbonyl (C=O) groups is 3. The van der Waals surface area contributed by atoms with Crippen molar-refractivity contribution in [2.75, 3.05) is 46.1 Å². The molecule has 3 heterocycles. The minimum absolute atomic E-state index is 0.0507. The number of rotatable bonds is 20. The number of ether oxygens (including phenoxy) is 8. The van der Waals surface area contributed by atoms with Crippen LogP contribution in [0, 0.1) is 0 Å². The Bertz CT molecular complexity index is 2420. The van der Waals surface area contributed by atoms with Crippen molar-refractivity contribution in [3.63, 3.8) is 0 Å². The van der Waals surface area contributed by atoms with Gasteiger partial charge in [-0.1, -0.05) is 72.8 Å². The molecule has 1 aliphatic heterocycles. The molecule has 5 atom stereocenters. The first-order valence-corrected chi connectivity index (χ1v) is 20.5. The van der Waals surface area contributed by atoms with Crippen molar-refractivity contribution in [3.8, 4) is 11.5 Å². The summed E-state index contributed by atoms with van der Waals surface area (Å²) in [5.74, 6) is 0.0385. The monoisotopic (exact) mass is 875 g/mol. The number of nitrogens with one attached hydrogen (secondary N) is 1. The molecule has 334 valence electrons. The van der Waals surface area contributed by atoms with Crippen LogP contribution in [0.5, 0.6) is 11.5 Å². The molecule has 0 saturated carbocycles. The van der Waals surface area contributed by atoms with Crippen LogP contribution >= 0.6 is 0 Å². The van der Waals surface area contributed by atoms with E-state index in [1.807, 2.05) is 84.9 Å². The van der Waals surface area contributed by atoms with E-state index < -0.39 is 54.1 Å². The minimum Gasteiger partial charge on any atom is -0.497 e. The molecule has 1 saturated heterocycles. The lowest BCUT2D eigenvalue weighted by atomic mass is 9.80. The zero-order valence-electron chi connectivity index (χ0n) is 35.7. The molecule has 1 amide bonds. The third-order valence-electron chi connectivity index (χ3n) is 10.6. The molecule has 17 nitrogen and oxygen atoms in total. The largest absolute Gasteiger partial charge is 0.497 e. The predicted octanol–water partition coefficient (Wildman–Crippen LogP) is 5.61. The summed E-state index contributed by atoms with van der Waals surface area (Å²) in [6.45, 7) is 1.96. The predicted molar refractivity (Wildman–Crippen MR) is 230 cm³/mol. The number of carbonyl (C=O) groups excluding carboxylic acids is 3. The van der Waals surface area contributed by atoms with E-state index in [0.717, 1.165) is 16.7 Å². The van der Waals surface area contributed by atoms with Crippen LogP contribution in [-0.4, -0.2) is 108 Å². The molecule has 1 fully saturated rings. The van der Waals surface area contributed by atoms with Gasteiger partial charge in [0.15, 0.2) is 23.2 Å². The van der Waals surface area contributed by atoms with Gasteiger partial charge in [0.2, 0.25) is 0 Å². The molecule has 1 aliphatic rings. The maximum atomic E-state index is 13.1. The summed E-state index contributed by atoms with van der Waals surface area (Å²) in [5.41, 5.74) is 2.11. The molecular formula is C47H49N5O12. The van der Waals surface area contributed by atoms with Crippen LogP contribution < -0.4 is 14.8 Å². The van der Waals surface area contributed by atoms with E-state index in [1.54, 1.807) is 43.1 Å². The normalized spacial score (nSPS) is 17.7. The molecule has 0 spiro atoms. The van der Waals surface area contributed by atoms with Crippen molar-refractivity contribution in [1.29, 1.82) is 0 Å². The first-order chi connectivity index (χ1) is 31.1. The quantitative estimate of drug-likeness (QED) is 0.0415. The number of benzene rings is 4. The van der Waals surface area contributed by atoms with Crippen molar-refractivity contribution in [3.05, 3.63) is 144 Å². The molecule has 64 heavy (non-hydrogen) atoms. The molecule has 1 unspecified atom stereocenters. The molecular weight excluding hydrogens is 827 g/mol.